The van der Waals surface area contributed by atoms with Gasteiger partial charge in [-0.3, -0.25) is 10.2 Å². The zero-order valence-corrected chi connectivity index (χ0v) is 14.8. The molecular formula is C20H20FN5. The monoisotopic (exact) mass is 349 g/mol. The lowest BCUT2D eigenvalue weighted by Crippen LogP contribution is -1.94. The number of hydrogen-bond acceptors (Lipinski definition) is 3. The Morgan fingerprint density at radius 2 is 1.73 bits per heavy atom. The van der Waals surface area contributed by atoms with Gasteiger partial charge in [0.15, 0.2) is 5.82 Å². The number of aryl methyl sites for hydroxylation is 1. The average molecular weight is 349 g/mol. The van der Waals surface area contributed by atoms with E-state index in [1.54, 1.807) is 12.1 Å². The Morgan fingerprint density at radius 3 is 2.50 bits per heavy atom. The van der Waals surface area contributed by atoms with Crippen LogP contribution < -0.4 is 0 Å². The normalized spacial score (nSPS) is 11.5. The van der Waals surface area contributed by atoms with Gasteiger partial charge < -0.3 is 0 Å². The number of benzene rings is 2. The lowest BCUT2D eigenvalue weighted by atomic mass is 10.1. The van der Waals surface area contributed by atoms with E-state index in [1.807, 2.05) is 18.2 Å². The predicted octanol–water partition coefficient (Wildman–Crippen LogP) is 4.74. The molecular weight excluding hydrogens is 329 g/mol. The summed E-state index contributed by atoms with van der Waals surface area (Å²) in [5.74, 6) is 1.95. The third kappa shape index (κ3) is 3.22. The highest BCUT2D eigenvalue weighted by Crippen LogP contribution is 2.29. The Morgan fingerprint density at radius 1 is 0.962 bits per heavy atom. The first-order valence-corrected chi connectivity index (χ1v) is 8.76. The summed E-state index contributed by atoms with van der Waals surface area (Å²) in [6.45, 7) is 4.39. The van der Waals surface area contributed by atoms with Gasteiger partial charge in [0, 0.05) is 22.9 Å². The second kappa shape index (κ2) is 6.71. The quantitative estimate of drug-likeness (QED) is 0.546. The zero-order valence-electron chi connectivity index (χ0n) is 14.8. The van der Waals surface area contributed by atoms with Gasteiger partial charge in [-0.25, -0.2) is 9.37 Å². The smallest absolute Gasteiger partial charge is 0.181 e. The van der Waals surface area contributed by atoms with E-state index in [4.69, 9.17) is 0 Å². The van der Waals surface area contributed by atoms with Crippen LogP contribution in [-0.2, 0) is 6.42 Å². The van der Waals surface area contributed by atoms with Crippen LogP contribution in [0.25, 0.3) is 33.5 Å². The number of aromatic nitrogens is 5. The van der Waals surface area contributed by atoms with Gasteiger partial charge in [0.1, 0.15) is 11.6 Å². The second-order valence-electron chi connectivity index (χ2n) is 6.88. The maximum atomic E-state index is 13.2. The third-order valence-electron chi connectivity index (χ3n) is 4.43. The van der Waals surface area contributed by atoms with Crippen LogP contribution in [0.5, 0.6) is 0 Å². The molecule has 6 heteroatoms. The predicted molar refractivity (Wildman–Crippen MR) is 100 cm³/mol. The fourth-order valence-corrected chi connectivity index (χ4v) is 2.94. The summed E-state index contributed by atoms with van der Waals surface area (Å²) < 4.78 is 13.2. The van der Waals surface area contributed by atoms with Crippen molar-refractivity contribution >= 4 is 10.9 Å². The molecule has 0 aliphatic heterocycles. The van der Waals surface area contributed by atoms with Gasteiger partial charge >= 0.3 is 0 Å². The van der Waals surface area contributed by atoms with Crippen LogP contribution in [0.3, 0.4) is 0 Å². The first-order chi connectivity index (χ1) is 12.6. The van der Waals surface area contributed by atoms with E-state index >= 15 is 0 Å². The maximum absolute atomic E-state index is 13.2. The molecule has 26 heavy (non-hydrogen) atoms. The molecule has 2 heterocycles. The first-order valence-electron chi connectivity index (χ1n) is 8.76. The first kappa shape index (κ1) is 16.4. The molecule has 0 radical (unpaired) electrons. The van der Waals surface area contributed by atoms with Crippen molar-refractivity contribution in [3.63, 3.8) is 0 Å². The van der Waals surface area contributed by atoms with Crippen LogP contribution in [0, 0.1) is 11.7 Å². The maximum Gasteiger partial charge on any atom is 0.181 e. The SMILES string of the molecule is CC(C)CCc1nc(-c2ccc3[nH]nc(-c4ccc(F)cc4)c3c2)n[nH]1. The summed E-state index contributed by atoms with van der Waals surface area (Å²) in [6, 6.07) is 12.3. The van der Waals surface area contributed by atoms with Crippen molar-refractivity contribution in [1.82, 2.24) is 25.4 Å². The van der Waals surface area contributed by atoms with Crippen LogP contribution in [0.15, 0.2) is 42.5 Å². The molecule has 0 atom stereocenters. The topological polar surface area (TPSA) is 70.2 Å². The molecule has 0 spiro atoms. The lowest BCUT2D eigenvalue weighted by Gasteiger charge is -2.01. The largest absolute Gasteiger partial charge is 0.277 e. The number of hydrogen-bond donors (Lipinski definition) is 2. The molecule has 2 aromatic carbocycles. The molecule has 0 aliphatic rings. The van der Waals surface area contributed by atoms with E-state index in [1.165, 1.54) is 12.1 Å². The van der Waals surface area contributed by atoms with Crippen molar-refractivity contribution in [2.75, 3.05) is 0 Å². The van der Waals surface area contributed by atoms with E-state index in [9.17, 15) is 4.39 Å². The molecule has 132 valence electrons. The highest BCUT2D eigenvalue weighted by Gasteiger charge is 2.12. The van der Waals surface area contributed by atoms with Crippen LogP contribution >= 0.6 is 0 Å². The number of nitrogens with zero attached hydrogens (tertiary/aromatic N) is 3. The molecule has 0 bridgehead atoms. The lowest BCUT2D eigenvalue weighted by molar-refractivity contribution is 0.575. The number of rotatable bonds is 5. The molecule has 0 amide bonds. The van der Waals surface area contributed by atoms with Crippen molar-refractivity contribution in [2.45, 2.75) is 26.7 Å². The number of aromatic amines is 2. The van der Waals surface area contributed by atoms with Crippen molar-refractivity contribution in [2.24, 2.45) is 5.92 Å². The Labute approximate surface area is 150 Å². The number of halogens is 1. The summed E-state index contributed by atoms with van der Waals surface area (Å²) in [6.07, 6.45) is 1.96. The number of nitrogens with one attached hydrogen (secondary N) is 2. The van der Waals surface area contributed by atoms with Gasteiger partial charge in [0.2, 0.25) is 0 Å². The Kier molecular flexibility index (Phi) is 4.24. The summed E-state index contributed by atoms with van der Waals surface area (Å²) >= 11 is 0. The van der Waals surface area contributed by atoms with E-state index < -0.39 is 0 Å². The van der Waals surface area contributed by atoms with Gasteiger partial charge in [-0.2, -0.15) is 10.2 Å². The van der Waals surface area contributed by atoms with E-state index in [-0.39, 0.29) is 5.82 Å². The fraction of sp³-hybridized carbons (Fsp3) is 0.250. The summed E-state index contributed by atoms with van der Waals surface area (Å²) in [5.41, 5.74) is 3.50. The summed E-state index contributed by atoms with van der Waals surface area (Å²) in [5, 5.41) is 15.8. The van der Waals surface area contributed by atoms with Crippen LogP contribution in [-0.4, -0.2) is 25.4 Å². The zero-order chi connectivity index (χ0) is 18.1. The minimum absolute atomic E-state index is 0.260. The van der Waals surface area contributed by atoms with Gasteiger partial charge in [0.25, 0.3) is 0 Å². The standard InChI is InChI=1S/C20H20FN5/c1-12(2)3-10-18-22-20(26-24-18)14-6-9-17-16(11-14)19(25-23-17)13-4-7-15(21)8-5-13/h4-9,11-12H,3,10H2,1-2H3,(H,23,25)(H,22,24,26). The third-order valence-corrected chi connectivity index (χ3v) is 4.43. The van der Waals surface area contributed by atoms with Crippen molar-refractivity contribution in [3.8, 4) is 22.6 Å². The molecule has 0 unspecified atom stereocenters. The molecule has 0 saturated carbocycles. The van der Waals surface area contributed by atoms with E-state index in [0.717, 1.165) is 46.4 Å². The highest BCUT2D eigenvalue weighted by molar-refractivity contribution is 5.95. The number of fused-ring (bicyclic) bond motifs is 1. The molecule has 2 N–H and O–H groups in total. The molecule has 0 aliphatic carbocycles. The number of H-pyrrole nitrogens is 2. The molecule has 4 aromatic rings. The van der Waals surface area contributed by atoms with Crippen LogP contribution in [0.4, 0.5) is 4.39 Å². The van der Waals surface area contributed by atoms with Crippen LogP contribution in [0.1, 0.15) is 26.1 Å². The molecule has 5 nitrogen and oxygen atoms in total. The van der Waals surface area contributed by atoms with Gasteiger partial charge in [0.05, 0.1) is 11.2 Å². The van der Waals surface area contributed by atoms with Gasteiger partial charge in [-0.15, -0.1) is 0 Å². The van der Waals surface area contributed by atoms with Gasteiger partial charge in [-0.05, 0) is 54.8 Å². The minimum atomic E-state index is -0.260. The summed E-state index contributed by atoms with van der Waals surface area (Å²) in [4.78, 5) is 4.61. The molecule has 4 rings (SSSR count). The molecule has 2 aromatic heterocycles. The second-order valence-corrected chi connectivity index (χ2v) is 6.88. The Hall–Kier alpha value is -3.02. The van der Waals surface area contributed by atoms with Crippen molar-refractivity contribution in [3.05, 3.63) is 54.1 Å². The van der Waals surface area contributed by atoms with E-state index in [0.29, 0.717) is 11.7 Å². The minimum Gasteiger partial charge on any atom is -0.277 e. The van der Waals surface area contributed by atoms with Crippen molar-refractivity contribution in [1.29, 1.82) is 0 Å². The van der Waals surface area contributed by atoms with Crippen LogP contribution in [0.2, 0.25) is 0 Å². The summed E-state index contributed by atoms with van der Waals surface area (Å²) in [7, 11) is 0. The molecule has 0 saturated heterocycles. The fourth-order valence-electron chi connectivity index (χ4n) is 2.94. The molecule has 0 fully saturated rings. The van der Waals surface area contributed by atoms with Crippen molar-refractivity contribution < 1.29 is 4.39 Å². The average Bonchev–Trinajstić information content (AvgIpc) is 3.27. The Balaban J connectivity index is 1.69. The van der Waals surface area contributed by atoms with E-state index in [2.05, 4.69) is 39.2 Å². The Bertz CT molecular complexity index is 1030. The highest BCUT2D eigenvalue weighted by atomic mass is 19.1. The van der Waals surface area contributed by atoms with Gasteiger partial charge in [-0.1, -0.05) is 13.8 Å².